The molecule has 0 saturated heterocycles. The summed E-state index contributed by atoms with van der Waals surface area (Å²) < 4.78 is 0. The van der Waals surface area contributed by atoms with Crippen LogP contribution in [0.15, 0.2) is 30.3 Å². The maximum atomic E-state index is 12.8. The van der Waals surface area contributed by atoms with Crippen molar-refractivity contribution in [2.24, 2.45) is 11.7 Å². The van der Waals surface area contributed by atoms with E-state index in [1.54, 1.807) is 38.1 Å². The van der Waals surface area contributed by atoms with E-state index < -0.39 is 48.4 Å². The summed E-state index contributed by atoms with van der Waals surface area (Å²) in [7, 11) is 0. The number of hydrogen-bond acceptors (Lipinski definition) is 6. The first-order chi connectivity index (χ1) is 13.6. The van der Waals surface area contributed by atoms with Crippen LogP contribution in [-0.4, -0.2) is 59.2 Å². The third kappa shape index (κ3) is 8.53. The van der Waals surface area contributed by atoms with Gasteiger partial charge in [-0.25, -0.2) is 0 Å². The summed E-state index contributed by atoms with van der Waals surface area (Å²) in [6.07, 6.45) is 0.160. The molecule has 1 aromatic rings. The van der Waals surface area contributed by atoms with Gasteiger partial charge in [0.1, 0.15) is 18.6 Å². The number of thiol groups is 1. The molecule has 0 spiro atoms. The van der Waals surface area contributed by atoms with Crippen molar-refractivity contribution in [2.75, 3.05) is 12.3 Å². The number of carboxylic acids is 1. The number of rotatable bonds is 11. The molecular formula is C19H28N4O5S. The normalized spacial score (nSPS) is 13.8. The summed E-state index contributed by atoms with van der Waals surface area (Å²) in [6, 6.07) is 6.18. The molecule has 1 aromatic carbocycles. The second-order valence-corrected chi connectivity index (χ2v) is 7.25. The Balaban J connectivity index is 2.95. The van der Waals surface area contributed by atoms with Crippen molar-refractivity contribution in [3.05, 3.63) is 35.9 Å². The minimum atomic E-state index is -1.20. The quantitative estimate of drug-likeness (QED) is 0.259. The molecule has 0 heterocycles. The smallest absolute Gasteiger partial charge is 0.322 e. The lowest BCUT2D eigenvalue weighted by Gasteiger charge is -2.26. The molecule has 160 valence electrons. The molecule has 9 nitrogen and oxygen atoms in total. The Bertz CT molecular complexity index is 714. The van der Waals surface area contributed by atoms with Crippen molar-refractivity contribution in [3.8, 4) is 0 Å². The second-order valence-electron chi connectivity index (χ2n) is 6.88. The number of amides is 3. The molecule has 1 rings (SSSR count). The van der Waals surface area contributed by atoms with Gasteiger partial charge in [-0.1, -0.05) is 44.2 Å². The number of aliphatic carboxylic acids is 1. The lowest BCUT2D eigenvalue weighted by atomic mass is 10.0. The molecule has 0 unspecified atom stereocenters. The number of carboxylic acid groups (broad SMARTS) is 1. The predicted molar refractivity (Wildman–Crippen MR) is 111 cm³/mol. The molecule has 0 aromatic heterocycles. The number of nitrogens with two attached hydrogens (primary N) is 1. The summed E-state index contributed by atoms with van der Waals surface area (Å²) in [5, 5.41) is 16.2. The predicted octanol–water partition coefficient (Wildman–Crippen LogP) is -0.687. The Hall–Kier alpha value is -2.59. The molecule has 29 heavy (non-hydrogen) atoms. The molecule has 0 radical (unpaired) electrons. The van der Waals surface area contributed by atoms with Gasteiger partial charge in [-0.15, -0.1) is 0 Å². The topological polar surface area (TPSA) is 151 Å². The first kappa shape index (κ1) is 24.4. The molecule has 0 aliphatic heterocycles. The van der Waals surface area contributed by atoms with Crippen LogP contribution in [0.2, 0.25) is 0 Å². The van der Waals surface area contributed by atoms with Crippen LogP contribution in [0.25, 0.3) is 0 Å². The minimum absolute atomic E-state index is 0.118. The fraction of sp³-hybridized carbons (Fsp3) is 0.474. The fourth-order valence-electron chi connectivity index (χ4n) is 2.48. The average Bonchev–Trinajstić information content (AvgIpc) is 2.69. The van der Waals surface area contributed by atoms with Crippen molar-refractivity contribution < 1.29 is 24.3 Å². The first-order valence-corrected chi connectivity index (χ1v) is 9.79. The van der Waals surface area contributed by atoms with Gasteiger partial charge < -0.3 is 26.8 Å². The Labute approximate surface area is 175 Å². The van der Waals surface area contributed by atoms with Crippen molar-refractivity contribution in [1.29, 1.82) is 0 Å². The number of benzene rings is 1. The van der Waals surface area contributed by atoms with Crippen LogP contribution >= 0.6 is 12.6 Å². The van der Waals surface area contributed by atoms with E-state index in [2.05, 4.69) is 28.6 Å². The SMILES string of the molecule is CC(C)[C@H](NC(=O)[C@@H](N)CS)C(=O)N[C@@H](Cc1ccccc1)C(=O)NCC(=O)O. The Morgan fingerprint density at radius 1 is 1.03 bits per heavy atom. The highest BCUT2D eigenvalue weighted by Gasteiger charge is 2.30. The van der Waals surface area contributed by atoms with Crippen molar-refractivity contribution in [1.82, 2.24) is 16.0 Å². The summed E-state index contributed by atoms with van der Waals surface area (Å²) in [6.45, 7) is 2.92. The van der Waals surface area contributed by atoms with Crippen LogP contribution in [0.3, 0.4) is 0 Å². The van der Waals surface area contributed by atoms with E-state index in [0.29, 0.717) is 0 Å². The molecule has 0 aliphatic carbocycles. The molecule has 0 aliphatic rings. The first-order valence-electron chi connectivity index (χ1n) is 9.16. The zero-order valence-corrected chi connectivity index (χ0v) is 17.3. The van der Waals surface area contributed by atoms with E-state index in [1.165, 1.54) is 0 Å². The third-order valence-corrected chi connectivity index (χ3v) is 4.50. The summed E-state index contributed by atoms with van der Waals surface area (Å²) in [5.74, 6) is -3.07. The van der Waals surface area contributed by atoms with E-state index in [0.717, 1.165) is 5.56 Å². The highest BCUT2D eigenvalue weighted by Crippen LogP contribution is 2.07. The van der Waals surface area contributed by atoms with Gasteiger partial charge in [0.25, 0.3) is 0 Å². The molecule has 0 saturated carbocycles. The Morgan fingerprint density at radius 2 is 1.66 bits per heavy atom. The van der Waals surface area contributed by atoms with Crippen LogP contribution < -0.4 is 21.7 Å². The van der Waals surface area contributed by atoms with Gasteiger partial charge in [-0.2, -0.15) is 12.6 Å². The number of nitrogens with one attached hydrogen (secondary N) is 3. The molecular weight excluding hydrogens is 396 g/mol. The number of carbonyl (C=O) groups is 4. The minimum Gasteiger partial charge on any atom is -0.480 e. The van der Waals surface area contributed by atoms with Crippen molar-refractivity contribution in [2.45, 2.75) is 38.4 Å². The molecule has 0 fully saturated rings. The monoisotopic (exact) mass is 424 g/mol. The van der Waals surface area contributed by atoms with Crippen LogP contribution in [0.4, 0.5) is 0 Å². The highest BCUT2D eigenvalue weighted by molar-refractivity contribution is 7.80. The summed E-state index contributed by atoms with van der Waals surface area (Å²) >= 11 is 3.97. The van der Waals surface area contributed by atoms with Crippen LogP contribution in [0, 0.1) is 5.92 Å². The zero-order valence-electron chi connectivity index (χ0n) is 16.4. The van der Waals surface area contributed by atoms with Crippen LogP contribution in [0.1, 0.15) is 19.4 Å². The molecule has 0 bridgehead atoms. The summed E-state index contributed by atoms with van der Waals surface area (Å²) in [4.78, 5) is 48.1. The molecule has 3 amide bonds. The van der Waals surface area contributed by atoms with Gasteiger partial charge in [0.15, 0.2) is 0 Å². The van der Waals surface area contributed by atoms with Gasteiger partial charge in [-0.3, -0.25) is 19.2 Å². The summed E-state index contributed by atoms with van der Waals surface area (Å²) in [5.41, 5.74) is 6.43. The van der Waals surface area contributed by atoms with Crippen LogP contribution in [-0.2, 0) is 25.6 Å². The standard InChI is InChI=1S/C19H28N4O5S/c1-11(2)16(23-17(26)13(20)10-29)19(28)22-14(18(27)21-9-15(24)25)8-12-6-4-3-5-7-12/h3-7,11,13-14,16,29H,8-10,20H2,1-2H3,(H,21,27)(H,22,28)(H,23,26)(H,24,25)/t13-,14-,16-/m0/s1. The Morgan fingerprint density at radius 3 is 2.17 bits per heavy atom. The van der Waals surface area contributed by atoms with Gasteiger partial charge >= 0.3 is 5.97 Å². The van der Waals surface area contributed by atoms with E-state index in [9.17, 15) is 19.2 Å². The highest BCUT2D eigenvalue weighted by atomic mass is 32.1. The van der Waals surface area contributed by atoms with E-state index >= 15 is 0 Å². The van der Waals surface area contributed by atoms with Crippen molar-refractivity contribution in [3.63, 3.8) is 0 Å². The van der Waals surface area contributed by atoms with Crippen LogP contribution in [0.5, 0.6) is 0 Å². The third-order valence-electron chi connectivity index (χ3n) is 4.11. The molecule has 3 atom stereocenters. The maximum absolute atomic E-state index is 12.8. The van der Waals surface area contributed by atoms with E-state index in [-0.39, 0.29) is 18.1 Å². The van der Waals surface area contributed by atoms with Crippen molar-refractivity contribution >= 4 is 36.3 Å². The molecule has 6 N–H and O–H groups in total. The maximum Gasteiger partial charge on any atom is 0.322 e. The fourth-order valence-corrected chi connectivity index (χ4v) is 2.65. The van der Waals surface area contributed by atoms with Gasteiger partial charge in [0.05, 0.1) is 6.04 Å². The zero-order chi connectivity index (χ0) is 22.0. The lowest BCUT2D eigenvalue weighted by Crippen LogP contribution is -2.58. The van der Waals surface area contributed by atoms with Gasteiger partial charge in [-0.05, 0) is 11.5 Å². The van der Waals surface area contributed by atoms with Gasteiger partial charge in [0, 0.05) is 12.2 Å². The average molecular weight is 425 g/mol. The second kappa shape index (κ2) is 12.1. The molecule has 10 heteroatoms. The Kier molecular flexibility index (Phi) is 10.2. The van der Waals surface area contributed by atoms with E-state index in [4.69, 9.17) is 10.8 Å². The van der Waals surface area contributed by atoms with E-state index in [1.807, 2.05) is 6.07 Å². The largest absolute Gasteiger partial charge is 0.480 e. The lowest BCUT2D eigenvalue weighted by molar-refractivity contribution is -0.138. The number of carbonyl (C=O) groups excluding carboxylic acids is 3. The number of hydrogen-bond donors (Lipinski definition) is 6. The van der Waals surface area contributed by atoms with Gasteiger partial charge in [0.2, 0.25) is 17.7 Å².